The van der Waals surface area contributed by atoms with E-state index in [1.165, 1.54) is 18.2 Å². The predicted molar refractivity (Wildman–Crippen MR) is 151 cm³/mol. The Balaban J connectivity index is 0. The van der Waals surface area contributed by atoms with Crippen molar-refractivity contribution in [2.24, 2.45) is 10.2 Å². The van der Waals surface area contributed by atoms with Gasteiger partial charge in [0, 0.05) is 146 Å². The second-order valence-corrected chi connectivity index (χ2v) is 8.61. The third-order valence-electron chi connectivity index (χ3n) is 4.38. The number of rotatable bonds is 13. The van der Waals surface area contributed by atoms with Gasteiger partial charge in [-0.2, -0.15) is 0 Å². The monoisotopic (exact) mass is 716 g/mol. The Morgan fingerprint density at radius 3 is 2.02 bits per heavy atom. The second kappa shape index (κ2) is 22.5. The van der Waals surface area contributed by atoms with Crippen molar-refractivity contribution in [3.63, 3.8) is 0 Å². The summed E-state index contributed by atoms with van der Waals surface area (Å²) in [7, 11) is -4.99. The van der Waals surface area contributed by atoms with Crippen molar-refractivity contribution in [1.82, 2.24) is 0 Å². The molecule has 3 aromatic carbocycles. The number of azo groups is 1. The van der Waals surface area contributed by atoms with Crippen molar-refractivity contribution in [3.8, 4) is 23.0 Å². The van der Waals surface area contributed by atoms with E-state index in [0.29, 0.717) is 0 Å². The van der Waals surface area contributed by atoms with Gasteiger partial charge in [0.2, 0.25) is 11.7 Å². The zero-order chi connectivity index (χ0) is 28.6. The van der Waals surface area contributed by atoms with E-state index < -0.39 is 38.1 Å². The number of thiol groups is 3. The smallest absolute Gasteiger partial charge is 0.744 e. The zero-order valence-corrected chi connectivity index (χ0v) is 34.4. The van der Waals surface area contributed by atoms with Crippen molar-refractivity contribution in [3.05, 3.63) is 36.4 Å². The number of nitrogens with zero attached hydrogens (tertiary/aromatic N) is 2. The van der Waals surface area contributed by atoms with Crippen LogP contribution in [0, 0.1) is 0 Å². The summed E-state index contributed by atoms with van der Waals surface area (Å²) in [5.41, 5.74) is -0.827. The molecule has 0 aromatic heterocycles. The number of carbonyl (C=O) groups excluding carboxylic acids is 1. The molecule has 0 aliphatic carbocycles. The molecular formula is C18H14N3Na4O14S4. The average molecular weight is 717 g/mol. The SMILES string of the molecule is CC(=O)Nc1cc(S(=O)(=O)[O-])cc2cc(OOOS)c(N=Nc3cc(OOOS)ccc3OOOS)c(O)c12.[Na+].[Na].[Na].[Na]. The molecule has 0 fully saturated rings. The Kier molecular flexibility index (Phi) is 24.1. The molecule has 3 radical (unpaired) electrons. The molecule has 17 nitrogen and oxygen atoms in total. The van der Waals surface area contributed by atoms with Gasteiger partial charge in [0.1, 0.15) is 15.8 Å². The first-order valence-corrected chi connectivity index (χ1v) is 12.2. The molecule has 43 heavy (non-hydrogen) atoms. The predicted octanol–water partition coefficient (Wildman–Crippen LogP) is -0.0547. The van der Waals surface area contributed by atoms with Gasteiger partial charge < -0.3 is 29.6 Å². The van der Waals surface area contributed by atoms with Crippen molar-refractivity contribution in [2.45, 2.75) is 11.8 Å². The Hall–Kier alpha value is 0.910. The van der Waals surface area contributed by atoms with Gasteiger partial charge in [-0.25, -0.2) is 8.42 Å². The molecule has 0 aliphatic heterocycles. The van der Waals surface area contributed by atoms with E-state index in [-0.39, 0.29) is 152 Å². The summed E-state index contributed by atoms with van der Waals surface area (Å²) < 4.78 is 47.2. The molecule has 213 valence electrons. The van der Waals surface area contributed by atoms with Gasteiger partial charge in [0.05, 0.1) is 10.6 Å². The summed E-state index contributed by atoms with van der Waals surface area (Å²) in [5.74, 6) is -1.88. The number of hydrogen-bond acceptors (Lipinski definition) is 19. The number of hydrogen-bond donors (Lipinski definition) is 5. The Morgan fingerprint density at radius 1 is 0.884 bits per heavy atom. The second-order valence-electron chi connectivity index (χ2n) is 6.78. The molecule has 25 heteroatoms. The Bertz CT molecular complexity index is 1510. The third-order valence-corrected chi connectivity index (χ3v) is 5.38. The van der Waals surface area contributed by atoms with Crippen molar-refractivity contribution >= 4 is 171 Å². The van der Waals surface area contributed by atoms with Crippen LogP contribution in [-0.2, 0) is 43.0 Å². The van der Waals surface area contributed by atoms with Crippen LogP contribution in [0.5, 0.6) is 23.0 Å². The summed E-state index contributed by atoms with van der Waals surface area (Å²) in [5, 5.41) is 33.9. The van der Waals surface area contributed by atoms with E-state index in [4.69, 9.17) is 14.7 Å². The standard InChI is InChI=1S/C18H15N3O14S4.4Na/c1-8(22)19-13-7-11(39(24,25)26)4-9-5-15(29-32-35-38)17(18(23)16(9)13)21-20-12-6-10(27-30-33-36)2-3-14(12)28-31-34-37;;;;/h2-7,23,36-38H,1H3,(H,19,22)(H,24,25,26);;;;/q;;;;+1/p-1. The molecule has 0 saturated heterocycles. The Morgan fingerprint density at radius 2 is 1.47 bits per heavy atom. The van der Waals surface area contributed by atoms with E-state index in [9.17, 15) is 22.9 Å². The van der Waals surface area contributed by atoms with Crippen LogP contribution in [0.1, 0.15) is 6.92 Å². The summed E-state index contributed by atoms with van der Waals surface area (Å²) in [4.78, 5) is 25.6. The van der Waals surface area contributed by atoms with Gasteiger partial charge >= 0.3 is 29.6 Å². The van der Waals surface area contributed by atoms with Gasteiger partial charge in [0.15, 0.2) is 22.9 Å². The van der Waals surface area contributed by atoms with Crippen molar-refractivity contribution in [1.29, 1.82) is 0 Å². The quantitative estimate of drug-likeness (QED) is 0.0298. The maximum atomic E-state index is 11.8. The van der Waals surface area contributed by atoms with Gasteiger partial charge in [0.25, 0.3) is 0 Å². The van der Waals surface area contributed by atoms with Crippen molar-refractivity contribution in [2.75, 3.05) is 5.32 Å². The zero-order valence-electron chi connectivity index (χ0n) is 22.9. The van der Waals surface area contributed by atoms with Crippen molar-refractivity contribution < 1.29 is 95.2 Å². The molecule has 0 saturated carbocycles. The first-order valence-electron chi connectivity index (χ1n) is 9.66. The van der Waals surface area contributed by atoms with Crippen LogP contribution >= 0.6 is 38.7 Å². The summed E-state index contributed by atoms with van der Waals surface area (Å²) in [6, 6.07) is 6.67. The van der Waals surface area contributed by atoms with E-state index in [1.807, 2.05) is 0 Å². The molecule has 0 unspecified atom stereocenters. The minimum Gasteiger partial charge on any atom is -0.744 e. The first kappa shape index (κ1) is 46.0. The number of anilines is 1. The number of carbonyl (C=O) groups is 1. The van der Waals surface area contributed by atoms with Crippen LogP contribution in [0.15, 0.2) is 51.5 Å². The number of benzene rings is 3. The largest absolute Gasteiger partial charge is 1.00 e. The number of nitrogens with one attached hydrogen (secondary N) is 1. The van der Waals surface area contributed by atoms with Crippen LogP contribution in [0.3, 0.4) is 0 Å². The molecule has 0 aliphatic rings. The van der Waals surface area contributed by atoms with Gasteiger partial charge in [-0.1, -0.05) is 0 Å². The fourth-order valence-corrected chi connectivity index (χ4v) is 3.64. The van der Waals surface area contributed by atoms with E-state index >= 15 is 0 Å². The number of amides is 1. The minimum atomic E-state index is -4.99. The number of phenolic OH excluding ortho intramolecular Hbond substituents is 1. The molecule has 2 N–H and O–H groups in total. The molecule has 0 atom stereocenters. The van der Waals surface area contributed by atoms with Crippen LogP contribution in [-0.4, -0.2) is 113 Å². The average Bonchev–Trinajstić information content (AvgIpc) is 2.88. The number of aromatic hydroxyl groups is 1. The number of fused-ring (bicyclic) bond motifs is 1. The normalized spacial score (nSPS) is 10.5. The van der Waals surface area contributed by atoms with Crippen LogP contribution in [0.4, 0.5) is 17.1 Å². The summed E-state index contributed by atoms with van der Waals surface area (Å²) in [6.07, 6.45) is 0. The molecule has 3 rings (SSSR count). The Labute approximate surface area is 348 Å². The first-order chi connectivity index (χ1) is 18.6. The fourth-order valence-electron chi connectivity index (χ4n) is 3.01. The molecular weight excluding hydrogens is 702 g/mol. The van der Waals surface area contributed by atoms with Crippen LogP contribution in [0.25, 0.3) is 10.8 Å². The topological polar surface area (TPSA) is 214 Å². The van der Waals surface area contributed by atoms with Gasteiger partial charge in [-0.3, -0.25) is 4.79 Å². The minimum absolute atomic E-state index is 0. The van der Waals surface area contributed by atoms with E-state index in [2.05, 4.69) is 82.4 Å². The maximum absolute atomic E-state index is 11.8. The molecule has 0 spiro atoms. The van der Waals surface area contributed by atoms with Crippen LogP contribution in [0.2, 0.25) is 0 Å². The van der Waals surface area contributed by atoms with Gasteiger partial charge in [-0.15, -0.1) is 23.2 Å². The summed E-state index contributed by atoms with van der Waals surface area (Å²) in [6.45, 7) is 1.12. The fraction of sp³-hybridized carbons (Fsp3) is 0.0556. The van der Waals surface area contributed by atoms with Crippen LogP contribution < -0.4 is 49.5 Å². The summed E-state index contributed by atoms with van der Waals surface area (Å²) >= 11 is 10.1. The number of phenols is 1. The molecule has 3 aromatic rings. The van der Waals surface area contributed by atoms with Gasteiger partial charge in [-0.05, 0) is 50.8 Å². The maximum Gasteiger partial charge on any atom is 1.00 e. The van der Waals surface area contributed by atoms with E-state index in [0.717, 1.165) is 25.1 Å². The van der Waals surface area contributed by atoms with E-state index in [1.54, 1.807) is 0 Å². The molecule has 0 bridgehead atoms. The third kappa shape index (κ3) is 13.5. The molecule has 0 heterocycles. The molecule has 1 amide bonds.